The standard InChI is InChI=1S/C35H40O8/c1-23(2)18-29(38)19-24(3)35(41)17-16-34(4,33(40)22-35)43-30-13-8-25(9-14-30)6-11-27(36)21-28(37)12-7-26-10-15-31(39)32(20-26)42-5/h6-18,20-21,24,33,37,39-41H,19,22H2,1-5H3/b11-6+,12-7+,28-21-/t24-,33-,34+,35-/m0/s1. The zero-order valence-electron chi connectivity index (χ0n) is 25.2. The average molecular weight is 589 g/mol. The van der Waals surface area contributed by atoms with Crippen molar-refractivity contribution in [2.75, 3.05) is 7.11 Å². The fourth-order valence-electron chi connectivity index (χ4n) is 4.63. The summed E-state index contributed by atoms with van der Waals surface area (Å²) in [5, 5.41) is 41.8. The van der Waals surface area contributed by atoms with Crippen molar-refractivity contribution in [3.8, 4) is 17.2 Å². The molecule has 0 spiro atoms. The van der Waals surface area contributed by atoms with Crippen molar-refractivity contribution in [3.05, 3.63) is 101 Å². The van der Waals surface area contributed by atoms with E-state index in [0.717, 1.165) is 17.2 Å². The van der Waals surface area contributed by atoms with Crippen molar-refractivity contribution in [3.63, 3.8) is 0 Å². The molecule has 0 saturated carbocycles. The molecule has 2 aromatic rings. The summed E-state index contributed by atoms with van der Waals surface area (Å²) in [5.74, 6) is -0.335. The first-order chi connectivity index (χ1) is 20.2. The van der Waals surface area contributed by atoms with Crippen LogP contribution in [0, 0.1) is 5.92 Å². The molecule has 8 heteroatoms. The summed E-state index contributed by atoms with van der Waals surface area (Å²) in [6.07, 6.45) is 10.9. The molecule has 43 heavy (non-hydrogen) atoms. The van der Waals surface area contributed by atoms with E-state index in [1.165, 1.54) is 25.3 Å². The normalized spacial score (nSPS) is 22.9. The minimum Gasteiger partial charge on any atom is -0.508 e. The van der Waals surface area contributed by atoms with Crippen LogP contribution >= 0.6 is 0 Å². The maximum atomic E-state index is 12.3. The van der Waals surface area contributed by atoms with E-state index < -0.39 is 29.0 Å². The summed E-state index contributed by atoms with van der Waals surface area (Å²) in [4.78, 5) is 24.5. The Hall–Kier alpha value is -4.40. The summed E-state index contributed by atoms with van der Waals surface area (Å²) < 4.78 is 11.1. The first-order valence-corrected chi connectivity index (χ1v) is 14.0. The van der Waals surface area contributed by atoms with Gasteiger partial charge in [0.25, 0.3) is 0 Å². The zero-order valence-corrected chi connectivity index (χ0v) is 25.2. The summed E-state index contributed by atoms with van der Waals surface area (Å²) in [6.45, 7) is 7.20. The molecule has 8 nitrogen and oxygen atoms in total. The van der Waals surface area contributed by atoms with Gasteiger partial charge in [0.15, 0.2) is 28.7 Å². The summed E-state index contributed by atoms with van der Waals surface area (Å²) in [7, 11) is 1.44. The predicted octanol–water partition coefficient (Wildman–Crippen LogP) is 5.89. The molecule has 0 fully saturated rings. The Balaban J connectivity index is 1.60. The highest BCUT2D eigenvalue weighted by Crippen LogP contribution is 2.38. The van der Waals surface area contributed by atoms with E-state index in [-0.39, 0.29) is 30.1 Å². The number of aromatic hydroxyl groups is 1. The molecule has 4 atom stereocenters. The SMILES string of the molecule is COc1cc(/C=C/C(O)=C/C(=O)/C=C/c2ccc(O[C@]3(C)C=C[C@@](O)([C@@H](C)CC(=O)C=C(C)C)C[C@@H]3O)cc2)ccc1O. The van der Waals surface area contributed by atoms with Crippen LogP contribution in [-0.4, -0.2) is 56.4 Å². The van der Waals surface area contributed by atoms with E-state index in [9.17, 15) is 30.0 Å². The Morgan fingerprint density at radius 2 is 1.67 bits per heavy atom. The number of carbonyl (C=O) groups excluding carboxylic acids is 2. The third-order valence-corrected chi connectivity index (χ3v) is 7.29. The number of benzene rings is 2. The van der Waals surface area contributed by atoms with Gasteiger partial charge in [0.2, 0.25) is 0 Å². The Morgan fingerprint density at radius 1 is 1.02 bits per heavy atom. The second-order valence-corrected chi connectivity index (χ2v) is 11.3. The molecular weight excluding hydrogens is 548 g/mol. The van der Waals surface area contributed by atoms with Gasteiger partial charge in [-0.2, -0.15) is 0 Å². The van der Waals surface area contributed by atoms with Gasteiger partial charge >= 0.3 is 0 Å². The molecular formula is C35H40O8. The molecule has 0 unspecified atom stereocenters. The van der Waals surface area contributed by atoms with Gasteiger partial charge in [-0.3, -0.25) is 9.59 Å². The lowest BCUT2D eigenvalue weighted by molar-refractivity contribution is -0.119. The number of allylic oxidation sites excluding steroid dienone is 5. The van der Waals surface area contributed by atoms with Crippen LogP contribution in [0.3, 0.4) is 0 Å². The summed E-state index contributed by atoms with van der Waals surface area (Å²) >= 11 is 0. The van der Waals surface area contributed by atoms with Crippen molar-refractivity contribution in [2.45, 2.75) is 57.8 Å². The van der Waals surface area contributed by atoms with Crippen molar-refractivity contribution in [1.29, 1.82) is 0 Å². The number of phenolic OH excluding ortho intramolecular Hbond substituents is 1. The molecule has 1 aliphatic carbocycles. The van der Waals surface area contributed by atoms with E-state index in [0.29, 0.717) is 17.1 Å². The molecule has 0 aromatic heterocycles. The number of aliphatic hydroxyl groups is 3. The lowest BCUT2D eigenvalue weighted by Crippen LogP contribution is -2.53. The Morgan fingerprint density at radius 3 is 2.30 bits per heavy atom. The summed E-state index contributed by atoms with van der Waals surface area (Å²) in [5.41, 5.74) is -0.154. The van der Waals surface area contributed by atoms with E-state index >= 15 is 0 Å². The van der Waals surface area contributed by atoms with Crippen LogP contribution in [-0.2, 0) is 9.59 Å². The molecule has 0 amide bonds. The Labute approximate surface area is 252 Å². The number of ketones is 2. The predicted molar refractivity (Wildman–Crippen MR) is 167 cm³/mol. The van der Waals surface area contributed by atoms with Crippen molar-refractivity contribution in [1.82, 2.24) is 0 Å². The highest BCUT2D eigenvalue weighted by Gasteiger charge is 2.45. The number of hydrogen-bond acceptors (Lipinski definition) is 8. The number of methoxy groups -OCH3 is 1. The summed E-state index contributed by atoms with van der Waals surface area (Å²) in [6, 6.07) is 11.6. The highest BCUT2D eigenvalue weighted by molar-refractivity contribution is 6.02. The topological polar surface area (TPSA) is 134 Å². The minimum atomic E-state index is -1.34. The van der Waals surface area contributed by atoms with Crippen LogP contribution in [0.2, 0.25) is 0 Å². The van der Waals surface area contributed by atoms with Gasteiger partial charge in [0.1, 0.15) is 17.6 Å². The third-order valence-electron chi connectivity index (χ3n) is 7.29. The van der Waals surface area contributed by atoms with Gasteiger partial charge in [-0.05, 0) is 86.4 Å². The largest absolute Gasteiger partial charge is 0.508 e. The lowest BCUT2D eigenvalue weighted by atomic mass is 9.73. The molecule has 0 bridgehead atoms. The van der Waals surface area contributed by atoms with Gasteiger partial charge < -0.3 is 29.9 Å². The number of carbonyl (C=O) groups is 2. The number of aliphatic hydroxyl groups excluding tert-OH is 2. The second-order valence-electron chi connectivity index (χ2n) is 11.3. The van der Waals surface area contributed by atoms with Crippen molar-refractivity contribution >= 4 is 23.7 Å². The molecule has 0 heterocycles. The molecule has 4 N–H and O–H groups in total. The zero-order chi connectivity index (χ0) is 31.8. The maximum Gasteiger partial charge on any atom is 0.182 e. The van der Waals surface area contributed by atoms with E-state index in [2.05, 4.69) is 0 Å². The first kappa shape index (κ1) is 33.1. The molecule has 0 radical (unpaired) electrons. The van der Waals surface area contributed by atoms with Crippen LogP contribution in [0.15, 0.2) is 90.3 Å². The number of hydrogen-bond donors (Lipinski definition) is 4. The highest BCUT2D eigenvalue weighted by atomic mass is 16.5. The smallest absolute Gasteiger partial charge is 0.182 e. The van der Waals surface area contributed by atoms with Gasteiger partial charge in [-0.1, -0.05) is 48.9 Å². The van der Waals surface area contributed by atoms with E-state index in [4.69, 9.17) is 9.47 Å². The number of rotatable bonds is 12. The van der Waals surface area contributed by atoms with Crippen LogP contribution in [0.5, 0.6) is 17.2 Å². The van der Waals surface area contributed by atoms with Gasteiger partial charge in [0, 0.05) is 18.9 Å². The van der Waals surface area contributed by atoms with Crippen LogP contribution in [0.4, 0.5) is 0 Å². The molecule has 1 aliphatic rings. The third kappa shape index (κ3) is 9.30. The number of ether oxygens (including phenoxy) is 2. The van der Waals surface area contributed by atoms with Crippen LogP contribution in [0.25, 0.3) is 12.2 Å². The molecule has 0 aliphatic heterocycles. The Kier molecular flexibility index (Phi) is 10.9. The maximum absolute atomic E-state index is 12.3. The van der Waals surface area contributed by atoms with E-state index in [1.54, 1.807) is 80.6 Å². The van der Waals surface area contributed by atoms with Crippen LogP contribution < -0.4 is 9.47 Å². The van der Waals surface area contributed by atoms with Gasteiger partial charge in [-0.15, -0.1) is 0 Å². The van der Waals surface area contributed by atoms with Gasteiger partial charge in [0.05, 0.1) is 12.7 Å². The molecule has 2 aromatic carbocycles. The molecule has 0 saturated heterocycles. The van der Waals surface area contributed by atoms with Crippen molar-refractivity contribution < 1.29 is 39.5 Å². The minimum absolute atomic E-state index is 0.000701. The second kappa shape index (κ2) is 14.2. The van der Waals surface area contributed by atoms with E-state index in [1.807, 2.05) is 13.8 Å². The quantitative estimate of drug-likeness (QED) is 0.104. The monoisotopic (exact) mass is 588 g/mol. The van der Waals surface area contributed by atoms with Gasteiger partial charge in [-0.25, -0.2) is 0 Å². The fraction of sp³-hybridized carbons (Fsp3) is 0.314. The number of phenols is 1. The Bertz CT molecular complexity index is 1460. The first-order valence-electron chi connectivity index (χ1n) is 14.0. The average Bonchev–Trinajstić information content (AvgIpc) is 2.94. The molecule has 228 valence electrons. The van der Waals surface area contributed by atoms with Crippen molar-refractivity contribution in [2.24, 2.45) is 5.92 Å². The fourth-order valence-corrected chi connectivity index (χ4v) is 4.63. The van der Waals surface area contributed by atoms with Crippen LogP contribution in [0.1, 0.15) is 51.7 Å². The lowest BCUT2D eigenvalue weighted by Gasteiger charge is -2.43. The molecule has 3 rings (SSSR count).